The topological polar surface area (TPSA) is 37.8 Å². The fraction of sp³-hybridized carbons (Fsp3) is 0.250. The molecule has 0 bridgehead atoms. The molecule has 2 heterocycles. The van der Waals surface area contributed by atoms with Crippen LogP contribution in [-0.4, -0.2) is 16.5 Å². The lowest BCUT2D eigenvalue weighted by molar-refractivity contribution is 1.05. The van der Waals surface area contributed by atoms with Crippen molar-refractivity contribution in [3.8, 4) is 0 Å². The molecular formula is C16H17N3S2. The maximum Gasteiger partial charge on any atom is 0.142 e. The minimum Gasteiger partial charge on any atom is -0.370 e. The molecule has 0 spiro atoms. The quantitative estimate of drug-likeness (QED) is 0.691. The molecule has 0 saturated heterocycles. The first kappa shape index (κ1) is 14.4. The van der Waals surface area contributed by atoms with Crippen molar-refractivity contribution < 1.29 is 0 Å². The van der Waals surface area contributed by atoms with Gasteiger partial charge < -0.3 is 5.32 Å². The molecule has 108 valence electrons. The number of aromatic nitrogens is 2. The molecule has 1 aromatic carbocycles. The summed E-state index contributed by atoms with van der Waals surface area (Å²) >= 11 is 3.44. The predicted molar refractivity (Wildman–Crippen MR) is 92.3 cm³/mol. The maximum absolute atomic E-state index is 4.66. The van der Waals surface area contributed by atoms with E-state index in [1.54, 1.807) is 23.1 Å². The number of rotatable bonds is 5. The lowest BCUT2D eigenvalue weighted by Gasteiger charge is -2.07. The van der Waals surface area contributed by atoms with Crippen LogP contribution >= 0.6 is 23.1 Å². The summed E-state index contributed by atoms with van der Waals surface area (Å²) < 4.78 is 0. The molecule has 3 rings (SSSR count). The molecule has 0 unspecified atom stereocenters. The van der Waals surface area contributed by atoms with Gasteiger partial charge in [-0.2, -0.15) is 0 Å². The van der Waals surface area contributed by atoms with Crippen LogP contribution in [0.4, 0.5) is 5.82 Å². The Kier molecular flexibility index (Phi) is 4.41. The van der Waals surface area contributed by atoms with Crippen molar-refractivity contribution in [2.45, 2.75) is 24.5 Å². The van der Waals surface area contributed by atoms with Crippen LogP contribution in [0.2, 0.25) is 0 Å². The summed E-state index contributed by atoms with van der Waals surface area (Å²) in [6, 6.07) is 10.6. The van der Waals surface area contributed by atoms with E-state index in [1.165, 1.54) is 10.5 Å². The molecule has 0 radical (unpaired) electrons. The van der Waals surface area contributed by atoms with Crippen LogP contribution in [0.3, 0.4) is 0 Å². The largest absolute Gasteiger partial charge is 0.370 e. The van der Waals surface area contributed by atoms with Gasteiger partial charge in [0, 0.05) is 11.4 Å². The summed E-state index contributed by atoms with van der Waals surface area (Å²) in [6.07, 6.45) is 0. The van der Waals surface area contributed by atoms with Gasteiger partial charge in [0.2, 0.25) is 0 Å². The number of aryl methyl sites for hydroxylation is 1. The van der Waals surface area contributed by atoms with Crippen molar-refractivity contribution >= 4 is 39.1 Å². The number of nitrogens with zero attached hydrogens (tertiary/aromatic N) is 2. The SMILES string of the molecule is CCNc1nc(CSc2ccc(C)cc2)nc2sccc12. The molecule has 21 heavy (non-hydrogen) atoms. The maximum atomic E-state index is 4.66. The summed E-state index contributed by atoms with van der Waals surface area (Å²) in [6.45, 7) is 5.05. The van der Waals surface area contributed by atoms with Gasteiger partial charge in [-0.15, -0.1) is 23.1 Å². The fourth-order valence-corrected chi connectivity index (χ4v) is 3.58. The molecule has 1 N–H and O–H groups in total. The van der Waals surface area contributed by atoms with E-state index in [-0.39, 0.29) is 0 Å². The van der Waals surface area contributed by atoms with Crippen molar-refractivity contribution in [3.63, 3.8) is 0 Å². The molecule has 0 fully saturated rings. The monoisotopic (exact) mass is 315 g/mol. The van der Waals surface area contributed by atoms with Crippen LogP contribution in [-0.2, 0) is 5.75 Å². The number of nitrogens with one attached hydrogen (secondary N) is 1. The zero-order chi connectivity index (χ0) is 14.7. The lowest BCUT2D eigenvalue weighted by Crippen LogP contribution is -2.03. The van der Waals surface area contributed by atoms with Crippen molar-refractivity contribution in [2.75, 3.05) is 11.9 Å². The number of hydrogen-bond donors (Lipinski definition) is 1. The molecule has 3 aromatic rings. The average Bonchev–Trinajstić information content (AvgIpc) is 2.96. The summed E-state index contributed by atoms with van der Waals surface area (Å²) in [5.74, 6) is 2.62. The molecule has 0 atom stereocenters. The van der Waals surface area contributed by atoms with Crippen LogP contribution in [0.15, 0.2) is 40.6 Å². The second-order valence-corrected chi connectivity index (χ2v) is 6.70. The van der Waals surface area contributed by atoms with Crippen LogP contribution in [0.5, 0.6) is 0 Å². The number of thioether (sulfide) groups is 1. The molecule has 3 nitrogen and oxygen atoms in total. The van der Waals surface area contributed by atoms with Crippen molar-refractivity contribution in [3.05, 3.63) is 47.1 Å². The van der Waals surface area contributed by atoms with Gasteiger partial charge in [0.1, 0.15) is 16.5 Å². The fourth-order valence-electron chi connectivity index (χ4n) is 2.05. The van der Waals surface area contributed by atoms with E-state index in [0.29, 0.717) is 0 Å². The van der Waals surface area contributed by atoms with E-state index in [2.05, 4.69) is 64.8 Å². The first-order valence-corrected chi connectivity index (χ1v) is 8.80. The third kappa shape index (κ3) is 3.36. The number of fused-ring (bicyclic) bond motifs is 1. The van der Waals surface area contributed by atoms with Crippen molar-refractivity contribution in [1.29, 1.82) is 0 Å². The van der Waals surface area contributed by atoms with E-state index in [1.807, 2.05) is 0 Å². The molecule has 0 saturated carbocycles. The Balaban J connectivity index is 1.81. The zero-order valence-electron chi connectivity index (χ0n) is 12.1. The molecule has 5 heteroatoms. The van der Waals surface area contributed by atoms with Gasteiger partial charge in [-0.25, -0.2) is 9.97 Å². The first-order valence-electron chi connectivity index (χ1n) is 6.93. The van der Waals surface area contributed by atoms with E-state index < -0.39 is 0 Å². The Hall–Kier alpha value is -1.59. The Labute approximate surface area is 132 Å². The summed E-state index contributed by atoms with van der Waals surface area (Å²) in [5, 5.41) is 6.51. The van der Waals surface area contributed by atoms with Gasteiger partial charge in [0.05, 0.1) is 11.1 Å². The van der Waals surface area contributed by atoms with Gasteiger partial charge in [0.25, 0.3) is 0 Å². The van der Waals surface area contributed by atoms with E-state index >= 15 is 0 Å². The molecule has 0 amide bonds. The van der Waals surface area contributed by atoms with E-state index in [9.17, 15) is 0 Å². The Morgan fingerprint density at radius 3 is 2.71 bits per heavy atom. The number of anilines is 1. The van der Waals surface area contributed by atoms with E-state index in [0.717, 1.165) is 34.2 Å². The highest BCUT2D eigenvalue weighted by Crippen LogP contribution is 2.27. The molecule has 0 aliphatic carbocycles. The standard InChI is InChI=1S/C16H17N3S2/c1-3-17-15-13-8-9-20-16(13)19-14(18-15)10-21-12-6-4-11(2)5-7-12/h4-9H,3,10H2,1-2H3,(H,17,18,19). The van der Waals surface area contributed by atoms with Crippen LogP contribution in [0, 0.1) is 6.92 Å². The molecular weight excluding hydrogens is 298 g/mol. The highest BCUT2D eigenvalue weighted by Gasteiger charge is 2.08. The second kappa shape index (κ2) is 6.45. The number of benzene rings is 1. The Morgan fingerprint density at radius 1 is 1.14 bits per heavy atom. The van der Waals surface area contributed by atoms with Gasteiger partial charge in [-0.3, -0.25) is 0 Å². The summed E-state index contributed by atoms with van der Waals surface area (Å²) in [7, 11) is 0. The predicted octanol–water partition coefficient (Wildman–Crippen LogP) is 4.72. The highest BCUT2D eigenvalue weighted by molar-refractivity contribution is 7.98. The third-order valence-electron chi connectivity index (χ3n) is 3.10. The van der Waals surface area contributed by atoms with Crippen LogP contribution < -0.4 is 5.32 Å². The minimum absolute atomic E-state index is 0.787. The molecule has 0 aliphatic rings. The smallest absolute Gasteiger partial charge is 0.142 e. The van der Waals surface area contributed by atoms with Crippen molar-refractivity contribution in [1.82, 2.24) is 9.97 Å². The summed E-state index contributed by atoms with van der Waals surface area (Å²) in [4.78, 5) is 11.6. The highest BCUT2D eigenvalue weighted by atomic mass is 32.2. The second-order valence-electron chi connectivity index (χ2n) is 4.76. The normalized spacial score (nSPS) is 11.0. The van der Waals surface area contributed by atoms with Crippen molar-refractivity contribution in [2.24, 2.45) is 0 Å². The van der Waals surface area contributed by atoms with Gasteiger partial charge in [-0.1, -0.05) is 17.7 Å². The lowest BCUT2D eigenvalue weighted by atomic mass is 10.2. The number of hydrogen-bond acceptors (Lipinski definition) is 5. The van der Waals surface area contributed by atoms with Gasteiger partial charge in [0.15, 0.2) is 0 Å². The van der Waals surface area contributed by atoms with Crippen LogP contribution in [0.1, 0.15) is 18.3 Å². The molecule has 2 aromatic heterocycles. The van der Waals surface area contributed by atoms with Gasteiger partial charge in [-0.05, 0) is 37.4 Å². The number of thiophene rings is 1. The summed E-state index contributed by atoms with van der Waals surface area (Å²) in [5.41, 5.74) is 1.28. The third-order valence-corrected chi connectivity index (χ3v) is 4.92. The Bertz CT molecular complexity index is 735. The average molecular weight is 315 g/mol. The van der Waals surface area contributed by atoms with Gasteiger partial charge >= 0.3 is 0 Å². The Morgan fingerprint density at radius 2 is 1.95 bits per heavy atom. The van der Waals surface area contributed by atoms with E-state index in [4.69, 9.17) is 0 Å². The first-order chi connectivity index (χ1) is 10.3. The van der Waals surface area contributed by atoms with Crippen LogP contribution in [0.25, 0.3) is 10.2 Å². The molecule has 0 aliphatic heterocycles. The minimum atomic E-state index is 0.787. The zero-order valence-corrected chi connectivity index (χ0v) is 13.7.